The third-order valence-corrected chi connectivity index (χ3v) is 4.86. The monoisotopic (exact) mass is 410 g/mol. The van der Waals surface area contributed by atoms with Gasteiger partial charge in [0.15, 0.2) is 0 Å². The first kappa shape index (κ1) is 19.8. The zero-order chi connectivity index (χ0) is 21.8. The molecular weight excluding hydrogens is 392 g/mol. The molecule has 3 N–H and O–H groups in total. The molecule has 0 saturated heterocycles. The molecular formula is C25H18N2O4. The van der Waals surface area contributed by atoms with E-state index in [1.807, 2.05) is 30.3 Å². The van der Waals surface area contributed by atoms with E-state index in [0.29, 0.717) is 0 Å². The maximum absolute atomic E-state index is 13.0. The number of carboxylic acid groups (broad SMARTS) is 1. The van der Waals surface area contributed by atoms with Crippen LogP contribution < -0.4 is 5.32 Å². The fourth-order valence-corrected chi connectivity index (χ4v) is 3.28. The molecule has 0 bridgehead atoms. The van der Waals surface area contributed by atoms with Gasteiger partial charge in [-0.1, -0.05) is 42.5 Å². The number of benzene rings is 3. The lowest BCUT2D eigenvalue weighted by molar-refractivity contribution is 0.0698. The van der Waals surface area contributed by atoms with Crippen molar-refractivity contribution in [2.24, 2.45) is 0 Å². The van der Waals surface area contributed by atoms with Crippen LogP contribution >= 0.6 is 0 Å². The van der Waals surface area contributed by atoms with Gasteiger partial charge in [0.25, 0.3) is 5.91 Å². The molecule has 4 aromatic rings. The summed E-state index contributed by atoms with van der Waals surface area (Å²) in [4.78, 5) is 28.6. The lowest BCUT2D eigenvalue weighted by Gasteiger charge is -2.13. The second-order valence-corrected chi connectivity index (χ2v) is 6.85. The normalized spacial score (nSPS) is 10.5. The van der Waals surface area contributed by atoms with Crippen molar-refractivity contribution in [2.75, 3.05) is 5.32 Å². The summed E-state index contributed by atoms with van der Waals surface area (Å²) >= 11 is 0. The average Bonchev–Trinajstić information content (AvgIpc) is 2.80. The number of anilines is 1. The minimum absolute atomic E-state index is 0.0377. The highest BCUT2D eigenvalue weighted by Crippen LogP contribution is 2.29. The summed E-state index contributed by atoms with van der Waals surface area (Å²) < 4.78 is 0. The Morgan fingerprint density at radius 3 is 2.06 bits per heavy atom. The molecule has 0 radical (unpaired) electrons. The van der Waals surface area contributed by atoms with Crippen LogP contribution in [0, 0.1) is 0 Å². The van der Waals surface area contributed by atoms with Crippen molar-refractivity contribution < 1.29 is 19.8 Å². The molecule has 6 nitrogen and oxygen atoms in total. The number of aromatic carboxylic acids is 1. The Balaban J connectivity index is 1.70. The van der Waals surface area contributed by atoms with Crippen LogP contribution in [0.5, 0.6) is 5.75 Å². The van der Waals surface area contributed by atoms with Gasteiger partial charge in [0.05, 0.1) is 16.8 Å². The van der Waals surface area contributed by atoms with Gasteiger partial charge in [-0.2, -0.15) is 0 Å². The summed E-state index contributed by atoms with van der Waals surface area (Å²) in [6, 6.07) is 22.4. The zero-order valence-electron chi connectivity index (χ0n) is 16.3. The van der Waals surface area contributed by atoms with Gasteiger partial charge >= 0.3 is 5.97 Å². The second kappa shape index (κ2) is 8.51. The summed E-state index contributed by atoms with van der Waals surface area (Å²) in [6.07, 6.45) is 3.27. The van der Waals surface area contributed by atoms with E-state index in [0.717, 1.165) is 22.3 Å². The van der Waals surface area contributed by atoms with Crippen molar-refractivity contribution in [3.63, 3.8) is 0 Å². The molecule has 0 spiro atoms. The highest BCUT2D eigenvalue weighted by Gasteiger charge is 2.18. The van der Waals surface area contributed by atoms with Gasteiger partial charge in [0.2, 0.25) is 0 Å². The number of aromatic hydroxyl groups is 1. The molecule has 1 aromatic heterocycles. The van der Waals surface area contributed by atoms with Crippen LogP contribution in [0.2, 0.25) is 0 Å². The third-order valence-electron chi connectivity index (χ3n) is 4.86. The van der Waals surface area contributed by atoms with Crippen LogP contribution in [0.4, 0.5) is 5.69 Å². The van der Waals surface area contributed by atoms with Crippen LogP contribution in [-0.4, -0.2) is 27.1 Å². The first-order valence-electron chi connectivity index (χ1n) is 9.50. The number of pyridine rings is 1. The highest BCUT2D eigenvalue weighted by molar-refractivity contribution is 6.10. The van der Waals surface area contributed by atoms with Gasteiger partial charge < -0.3 is 15.5 Å². The number of nitrogens with one attached hydrogen (secondary N) is 1. The molecule has 0 aliphatic heterocycles. The number of hydrogen-bond acceptors (Lipinski definition) is 4. The van der Waals surface area contributed by atoms with Gasteiger partial charge in [-0.3, -0.25) is 9.78 Å². The quantitative estimate of drug-likeness (QED) is 0.426. The van der Waals surface area contributed by atoms with Crippen molar-refractivity contribution in [3.05, 3.63) is 102 Å². The van der Waals surface area contributed by atoms with Gasteiger partial charge in [0, 0.05) is 12.4 Å². The first-order chi connectivity index (χ1) is 15.0. The number of carbonyl (C=O) groups is 2. The first-order valence-corrected chi connectivity index (χ1v) is 9.50. The average molecular weight is 410 g/mol. The van der Waals surface area contributed by atoms with Crippen LogP contribution in [0.15, 0.2) is 91.3 Å². The van der Waals surface area contributed by atoms with Gasteiger partial charge in [-0.15, -0.1) is 0 Å². The Morgan fingerprint density at radius 1 is 0.710 bits per heavy atom. The van der Waals surface area contributed by atoms with Gasteiger partial charge in [-0.05, 0) is 58.7 Å². The van der Waals surface area contributed by atoms with Gasteiger partial charge in [0.1, 0.15) is 5.75 Å². The molecule has 31 heavy (non-hydrogen) atoms. The molecule has 0 fully saturated rings. The lowest BCUT2D eigenvalue weighted by atomic mass is 10.0. The van der Waals surface area contributed by atoms with Crippen molar-refractivity contribution >= 4 is 17.6 Å². The summed E-state index contributed by atoms with van der Waals surface area (Å²) in [5.41, 5.74) is 3.34. The SMILES string of the molecule is O=C(Nc1cc(-c2ccccc2)ccc1C(=O)O)c1cc(-c2ccncc2)ccc1O. The van der Waals surface area contributed by atoms with E-state index in [-0.39, 0.29) is 22.6 Å². The van der Waals surface area contributed by atoms with Crippen molar-refractivity contribution in [1.82, 2.24) is 4.98 Å². The number of aromatic nitrogens is 1. The van der Waals surface area contributed by atoms with Gasteiger partial charge in [-0.25, -0.2) is 4.79 Å². The van der Waals surface area contributed by atoms with Crippen molar-refractivity contribution in [1.29, 1.82) is 0 Å². The molecule has 0 unspecified atom stereocenters. The Labute approximate surface area is 178 Å². The van der Waals surface area contributed by atoms with E-state index in [1.54, 1.807) is 48.8 Å². The predicted molar refractivity (Wildman–Crippen MR) is 118 cm³/mol. The molecule has 152 valence electrons. The molecule has 3 aromatic carbocycles. The number of amides is 1. The number of rotatable bonds is 5. The fraction of sp³-hybridized carbons (Fsp3) is 0. The minimum Gasteiger partial charge on any atom is -0.507 e. The molecule has 0 atom stereocenters. The minimum atomic E-state index is -1.16. The van der Waals surface area contributed by atoms with E-state index in [4.69, 9.17) is 0 Å². The lowest BCUT2D eigenvalue weighted by Crippen LogP contribution is -2.15. The summed E-state index contributed by atoms with van der Waals surface area (Å²) in [5, 5.41) is 22.4. The van der Waals surface area contributed by atoms with E-state index in [1.165, 1.54) is 12.1 Å². The van der Waals surface area contributed by atoms with Crippen LogP contribution in [0.3, 0.4) is 0 Å². The number of carbonyl (C=O) groups excluding carboxylic acids is 1. The Hall–Kier alpha value is -4.45. The van der Waals surface area contributed by atoms with E-state index < -0.39 is 11.9 Å². The predicted octanol–water partition coefficient (Wildman–Crippen LogP) is 5.07. The second-order valence-electron chi connectivity index (χ2n) is 6.85. The third kappa shape index (κ3) is 4.28. The molecule has 1 heterocycles. The maximum Gasteiger partial charge on any atom is 0.337 e. The molecule has 0 saturated carbocycles. The zero-order valence-corrected chi connectivity index (χ0v) is 16.3. The Kier molecular flexibility index (Phi) is 5.45. The van der Waals surface area contributed by atoms with Crippen LogP contribution in [0.25, 0.3) is 22.3 Å². The number of phenols is 1. The molecule has 0 aliphatic rings. The summed E-state index contributed by atoms with van der Waals surface area (Å²) in [5.74, 6) is -1.97. The number of hydrogen-bond donors (Lipinski definition) is 3. The number of phenolic OH excluding ortho intramolecular Hbond substituents is 1. The fourth-order valence-electron chi connectivity index (χ4n) is 3.28. The van der Waals surface area contributed by atoms with E-state index >= 15 is 0 Å². The molecule has 1 amide bonds. The largest absolute Gasteiger partial charge is 0.507 e. The topological polar surface area (TPSA) is 99.5 Å². The smallest absolute Gasteiger partial charge is 0.337 e. The number of carboxylic acids is 1. The van der Waals surface area contributed by atoms with Crippen LogP contribution in [0.1, 0.15) is 20.7 Å². The van der Waals surface area contributed by atoms with E-state index in [9.17, 15) is 19.8 Å². The maximum atomic E-state index is 13.0. The van der Waals surface area contributed by atoms with Crippen LogP contribution in [-0.2, 0) is 0 Å². The molecule has 0 aliphatic carbocycles. The van der Waals surface area contributed by atoms with Crippen molar-refractivity contribution in [2.45, 2.75) is 0 Å². The summed E-state index contributed by atoms with van der Waals surface area (Å²) in [6.45, 7) is 0. The Morgan fingerprint density at radius 2 is 1.35 bits per heavy atom. The number of nitrogens with zero attached hydrogens (tertiary/aromatic N) is 1. The standard InChI is InChI=1S/C25H18N2O4/c28-23-9-7-18(17-10-12-26-13-11-17)14-21(23)24(29)27-22-15-19(6-8-20(22)25(30)31)16-4-2-1-3-5-16/h1-15,28H,(H,27,29)(H,30,31). The van der Waals surface area contributed by atoms with Crippen molar-refractivity contribution in [3.8, 4) is 28.0 Å². The molecule has 4 rings (SSSR count). The summed E-state index contributed by atoms with van der Waals surface area (Å²) in [7, 11) is 0. The molecule has 6 heteroatoms. The van der Waals surface area contributed by atoms with E-state index in [2.05, 4.69) is 10.3 Å². The Bertz CT molecular complexity index is 1260. The highest BCUT2D eigenvalue weighted by atomic mass is 16.4.